The van der Waals surface area contributed by atoms with Crippen LogP contribution in [0.3, 0.4) is 0 Å². The van der Waals surface area contributed by atoms with Crippen LogP contribution in [0, 0.1) is 0 Å². The van der Waals surface area contributed by atoms with Gasteiger partial charge in [0.05, 0.1) is 5.56 Å². The molecule has 0 radical (unpaired) electrons. The van der Waals surface area contributed by atoms with Gasteiger partial charge in [-0.2, -0.15) is 0 Å². The Labute approximate surface area is 103 Å². The molecule has 1 aromatic rings. The molecule has 5 nitrogen and oxygen atoms in total. The molecule has 1 aromatic carbocycles. The standard InChI is InChI=1S/C8H6O2.C4H8FNO2/c9-8-7-3-1-2-6(4-7)5-10-8;5-3(6)1-2-4(7)8/h1-4H,5H2;3H,1-2,6H2,(H,7,8). The first-order valence-corrected chi connectivity index (χ1v) is 5.36. The third kappa shape index (κ3) is 4.92. The summed E-state index contributed by atoms with van der Waals surface area (Å²) in [6.07, 6.45) is -1.79. The summed E-state index contributed by atoms with van der Waals surface area (Å²) in [5, 5.41) is 7.94. The van der Waals surface area contributed by atoms with Gasteiger partial charge in [0.2, 0.25) is 0 Å². The summed E-state index contributed by atoms with van der Waals surface area (Å²) in [6.45, 7) is 0.423. The minimum absolute atomic E-state index is 0.102. The van der Waals surface area contributed by atoms with E-state index in [0.29, 0.717) is 12.2 Å². The van der Waals surface area contributed by atoms with Crippen molar-refractivity contribution in [1.29, 1.82) is 0 Å². The second-order valence-electron chi connectivity index (χ2n) is 3.72. The van der Waals surface area contributed by atoms with Crippen LogP contribution >= 0.6 is 0 Å². The van der Waals surface area contributed by atoms with Crippen LogP contribution in [-0.2, 0) is 16.1 Å². The predicted molar refractivity (Wildman–Crippen MR) is 61.5 cm³/mol. The second-order valence-corrected chi connectivity index (χ2v) is 3.72. The van der Waals surface area contributed by atoms with E-state index in [1.807, 2.05) is 18.2 Å². The minimum Gasteiger partial charge on any atom is -0.481 e. The number of carbonyl (C=O) groups is 2. The molecule has 98 valence electrons. The Morgan fingerprint density at radius 1 is 1.56 bits per heavy atom. The Morgan fingerprint density at radius 2 is 2.28 bits per heavy atom. The topological polar surface area (TPSA) is 89.6 Å². The van der Waals surface area contributed by atoms with Crippen LogP contribution < -0.4 is 5.73 Å². The van der Waals surface area contributed by atoms with Crippen LogP contribution in [-0.4, -0.2) is 23.3 Å². The van der Waals surface area contributed by atoms with E-state index in [9.17, 15) is 14.0 Å². The number of halogens is 1. The highest BCUT2D eigenvalue weighted by atomic mass is 19.1. The molecule has 0 saturated carbocycles. The normalized spacial score (nSPS) is 14.0. The summed E-state index contributed by atoms with van der Waals surface area (Å²) in [7, 11) is 0. The number of carboxylic acids is 1. The highest BCUT2D eigenvalue weighted by Crippen LogP contribution is 2.13. The lowest BCUT2D eigenvalue weighted by Crippen LogP contribution is -2.14. The lowest BCUT2D eigenvalue weighted by molar-refractivity contribution is -0.137. The summed E-state index contributed by atoms with van der Waals surface area (Å²) in [4.78, 5) is 20.5. The Kier molecular flexibility index (Phi) is 5.26. The maximum absolute atomic E-state index is 11.6. The molecule has 0 aromatic heterocycles. The van der Waals surface area contributed by atoms with Crippen molar-refractivity contribution in [3.8, 4) is 0 Å². The Morgan fingerprint density at radius 3 is 2.78 bits per heavy atom. The van der Waals surface area contributed by atoms with Gasteiger partial charge in [-0.15, -0.1) is 0 Å². The highest BCUT2D eigenvalue weighted by molar-refractivity contribution is 5.90. The van der Waals surface area contributed by atoms with Crippen molar-refractivity contribution in [2.75, 3.05) is 0 Å². The van der Waals surface area contributed by atoms with Crippen molar-refractivity contribution < 1.29 is 23.8 Å². The number of aliphatic carboxylic acids is 1. The number of nitrogens with two attached hydrogens (primary N) is 1. The molecular weight excluding hydrogens is 241 g/mol. The van der Waals surface area contributed by atoms with Gasteiger partial charge in [0.25, 0.3) is 0 Å². The summed E-state index contributed by atoms with van der Waals surface area (Å²) >= 11 is 0. The highest BCUT2D eigenvalue weighted by Gasteiger charge is 2.12. The van der Waals surface area contributed by atoms with Crippen LogP contribution in [0.4, 0.5) is 4.39 Å². The summed E-state index contributed by atoms with van der Waals surface area (Å²) in [6, 6.07) is 7.41. The average Bonchev–Trinajstić information content (AvgIpc) is 2.33. The number of esters is 1. The zero-order valence-electron chi connectivity index (χ0n) is 9.64. The molecule has 1 heterocycles. The number of carboxylic acid groups (broad SMARTS) is 1. The zero-order valence-corrected chi connectivity index (χ0v) is 9.64. The van der Waals surface area contributed by atoms with Gasteiger partial charge in [-0.3, -0.25) is 4.79 Å². The van der Waals surface area contributed by atoms with Crippen LogP contribution in [0.5, 0.6) is 0 Å². The summed E-state index contributed by atoms with van der Waals surface area (Å²) in [5.41, 5.74) is 6.33. The molecule has 6 heteroatoms. The van der Waals surface area contributed by atoms with E-state index in [-0.39, 0.29) is 18.8 Å². The quantitative estimate of drug-likeness (QED) is 0.630. The van der Waals surface area contributed by atoms with Crippen LogP contribution in [0.1, 0.15) is 28.8 Å². The van der Waals surface area contributed by atoms with Crippen molar-refractivity contribution in [2.45, 2.75) is 25.7 Å². The van der Waals surface area contributed by atoms with Gasteiger partial charge in [0.15, 0.2) is 0 Å². The second kappa shape index (κ2) is 6.70. The number of rotatable bonds is 3. The molecule has 0 fully saturated rings. The average molecular weight is 255 g/mol. The summed E-state index contributed by atoms with van der Waals surface area (Å²) in [5.74, 6) is -1.23. The molecule has 18 heavy (non-hydrogen) atoms. The van der Waals surface area contributed by atoms with E-state index < -0.39 is 12.3 Å². The van der Waals surface area contributed by atoms with Gasteiger partial charge < -0.3 is 15.6 Å². The van der Waals surface area contributed by atoms with Gasteiger partial charge in [0.1, 0.15) is 12.9 Å². The number of benzene rings is 1. The first kappa shape index (κ1) is 14.1. The fraction of sp³-hybridized carbons (Fsp3) is 0.333. The van der Waals surface area contributed by atoms with Crippen LogP contribution in [0.25, 0.3) is 0 Å². The molecule has 2 bridgehead atoms. The van der Waals surface area contributed by atoms with Crippen molar-refractivity contribution in [2.24, 2.45) is 5.73 Å². The zero-order chi connectivity index (χ0) is 13.5. The van der Waals surface area contributed by atoms with Gasteiger partial charge in [0, 0.05) is 12.8 Å². The van der Waals surface area contributed by atoms with E-state index in [2.05, 4.69) is 5.73 Å². The smallest absolute Gasteiger partial charge is 0.338 e. The van der Waals surface area contributed by atoms with E-state index in [1.165, 1.54) is 0 Å². The van der Waals surface area contributed by atoms with Crippen molar-refractivity contribution in [3.63, 3.8) is 0 Å². The fourth-order valence-corrected chi connectivity index (χ4v) is 1.28. The molecule has 1 unspecified atom stereocenters. The van der Waals surface area contributed by atoms with Gasteiger partial charge in [-0.25, -0.2) is 9.18 Å². The van der Waals surface area contributed by atoms with E-state index >= 15 is 0 Å². The molecular formula is C12H14FNO4. The molecule has 2 rings (SSSR count). The fourth-order valence-electron chi connectivity index (χ4n) is 1.28. The molecule has 0 aliphatic carbocycles. The Bertz CT molecular complexity index is 434. The van der Waals surface area contributed by atoms with E-state index in [4.69, 9.17) is 9.84 Å². The third-order valence-electron chi connectivity index (χ3n) is 2.17. The van der Waals surface area contributed by atoms with Crippen LogP contribution in [0.2, 0.25) is 0 Å². The number of alkyl halides is 1. The Hall–Kier alpha value is -1.95. The van der Waals surface area contributed by atoms with Crippen molar-refractivity contribution in [1.82, 2.24) is 0 Å². The van der Waals surface area contributed by atoms with E-state index in [0.717, 1.165) is 5.56 Å². The molecule has 0 saturated heterocycles. The molecule has 1 atom stereocenters. The maximum Gasteiger partial charge on any atom is 0.338 e. The number of fused-ring (bicyclic) bond motifs is 2. The summed E-state index contributed by atoms with van der Waals surface area (Å²) < 4.78 is 16.4. The number of ether oxygens (including phenoxy) is 1. The van der Waals surface area contributed by atoms with Gasteiger partial charge in [-0.05, 0) is 17.7 Å². The predicted octanol–water partition coefficient (Wildman–Crippen LogP) is 1.46. The number of hydrogen-bond donors (Lipinski definition) is 2. The first-order valence-electron chi connectivity index (χ1n) is 5.36. The van der Waals surface area contributed by atoms with Crippen molar-refractivity contribution >= 4 is 11.9 Å². The SMILES string of the molecule is NC(F)CCC(=O)O.O=C1OCc2cccc1c2. The van der Waals surface area contributed by atoms with Gasteiger partial charge >= 0.3 is 11.9 Å². The lowest BCUT2D eigenvalue weighted by Gasteiger charge is -2.11. The first-order chi connectivity index (χ1) is 8.49. The third-order valence-corrected chi connectivity index (χ3v) is 2.17. The lowest BCUT2D eigenvalue weighted by atomic mass is 10.1. The monoisotopic (exact) mass is 255 g/mol. The molecule has 3 N–H and O–H groups in total. The molecule has 1 aliphatic heterocycles. The van der Waals surface area contributed by atoms with Gasteiger partial charge in [-0.1, -0.05) is 12.1 Å². The number of cyclic esters (lactones) is 1. The number of hydrogen-bond acceptors (Lipinski definition) is 4. The molecule has 1 aliphatic rings. The van der Waals surface area contributed by atoms with Crippen LogP contribution in [0.15, 0.2) is 24.3 Å². The maximum atomic E-state index is 11.6. The van der Waals surface area contributed by atoms with E-state index in [1.54, 1.807) is 6.07 Å². The minimum atomic E-state index is -1.49. The molecule has 0 amide bonds. The largest absolute Gasteiger partial charge is 0.481 e. The Balaban J connectivity index is 0.000000187. The number of carbonyl (C=O) groups excluding carboxylic acids is 1. The molecule has 0 spiro atoms. The van der Waals surface area contributed by atoms with Crippen molar-refractivity contribution in [3.05, 3.63) is 35.4 Å².